The second-order valence-electron chi connectivity index (χ2n) is 25.4. The third-order valence-electron chi connectivity index (χ3n) is 17.3. The van der Waals surface area contributed by atoms with E-state index in [1.165, 1.54) is 270 Å². The Hall–Kier alpha value is -1.96. The third kappa shape index (κ3) is 53.3. The van der Waals surface area contributed by atoms with Crippen LogP contribution in [0.2, 0.25) is 0 Å². The Morgan fingerprint density at radius 2 is 0.494 bits per heavy atom. The third-order valence-corrected chi connectivity index (χ3v) is 17.3. The van der Waals surface area contributed by atoms with Crippen LogP contribution in [0, 0.1) is 5.92 Å². The predicted molar refractivity (Wildman–Crippen MR) is 346 cm³/mol. The minimum Gasteiger partial charge on any atom is -0.466 e. The second kappa shape index (κ2) is 64.0. The first kappa shape index (κ1) is 79.0. The second-order valence-corrected chi connectivity index (χ2v) is 25.4. The molecule has 0 aliphatic carbocycles. The summed E-state index contributed by atoms with van der Waals surface area (Å²) in [6.45, 7) is 9.20. The molecule has 2 atom stereocenters. The molecule has 8 nitrogen and oxygen atoms in total. The van der Waals surface area contributed by atoms with Crippen LogP contribution in [0.25, 0.3) is 0 Å². The van der Waals surface area contributed by atoms with Crippen molar-refractivity contribution in [1.82, 2.24) is 0 Å². The van der Waals surface area contributed by atoms with Gasteiger partial charge in [0.1, 0.15) is 0 Å². The molecule has 0 fully saturated rings. The number of carbonyl (C=O) groups excluding carboxylic acids is 4. The minimum atomic E-state index is -2.72. The molecule has 0 spiro atoms. The molecule has 0 rings (SSSR count). The van der Waals surface area contributed by atoms with E-state index >= 15 is 0 Å². The molecule has 1 N–H and O–H groups in total. The maximum Gasteiger partial charge on any atom is 0.340 e. The first-order valence-electron chi connectivity index (χ1n) is 36.5. The molecule has 8 heteroatoms. The first-order valence-corrected chi connectivity index (χ1v) is 36.5. The number of ether oxygens (including phenoxy) is 3. The molecule has 0 bridgehead atoms. The van der Waals surface area contributed by atoms with Gasteiger partial charge in [0.25, 0.3) is 0 Å². The fourth-order valence-electron chi connectivity index (χ4n) is 11.8. The van der Waals surface area contributed by atoms with E-state index in [1.54, 1.807) is 0 Å². The highest BCUT2D eigenvalue weighted by atomic mass is 16.6. The van der Waals surface area contributed by atoms with Crippen molar-refractivity contribution in [3.63, 3.8) is 0 Å². The van der Waals surface area contributed by atoms with Gasteiger partial charge in [-0.1, -0.05) is 374 Å². The van der Waals surface area contributed by atoms with Gasteiger partial charge in [-0.15, -0.1) is 0 Å². The molecule has 0 aromatic carbocycles. The van der Waals surface area contributed by atoms with Gasteiger partial charge in [-0.2, -0.15) is 0 Å². The number of aliphatic hydroxyl groups is 1. The topological polar surface area (TPSA) is 116 Å². The average molecular weight is 1150 g/mol. The summed E-state index contributed by atoms with van der Waals surface area (Å²) in [6.07, 6.45) is 70.1. The fraction of sp³-hybridized carbons (Fsp3) is 0.945. The van der Waals surface area contributed by atoms with E-state index in [4.69, 9.17) is 14.2 Å². The van der Waals surface area contributed by atoms with Crippen LogP contribution in [0.3, 0.4) is 0 Å². The van der Waals surface area contributed by atoms with Crippen molar-refractivity contribution in [2.24, 2.45) is 5.92 Å². The molecule has 0 saturated carbocycles. The Labute approximate surface area is 504 Å². The van der Waals surface area contributed by atoms with Crippen LogP contribution in [0.4, 0.5) is 0 Å². The SMILES string of the molecule is CCCCCCCCCCCCCCCCCCCCOC(=O)CC(O)(C(=O)OCCCCCCCCCCCCCCCCCCCC)C(C(=O)CCCCCC)C(=O)OCCCCCCCCCCCCCCCCCCCC. The normalized spacial score (nSPS) is 12.7. The van der Waals surface area contributed by atoms with E-state index in [0.717, 1.165) is 77.0 Å². The van der Waals surface area contributed by atoms with Crippen molar-refractivity contribution in [2.75, 3.05) is 19.8 Å². The quantitative estimate of drug-likeness (QED) is 0.0277. The zero-order valence-electron chi connectivity index (χ0n) is 54.9. The number of ketones is 1. The zero-order valence-corrected chi connectivity index (χ0v) is 54.9. The van der Waals surface area contributed by atoms with Crippen LogP contribution in [-0.4, -0.2) is 54.2 Å². The van der Waals surface area contributed by atoms with E-state index in [1.807, 2.05) is 0 Å². The highest BCUT2D eigenvalue weighted by molar-refractivity contribution is 6.06. The standard InChI is InChI=1S/C73H140O8/c1-5-9-13-17-20-23-26-29-32-35-38-41-44-47-50-53-56-60-64-79-69(75)67-73(78,72(77)81-66-62-58-55-52-49-46-43-40-37-34-31-28-25-22-19-15-11-7-3)70(68(74)63-59-16-12-8-4)71(76)80-65-61-57-54-51-48-45-42-39-36-33-30-27-24-21-18-14-10-6-2/h70,78H,5-67H2,1-4H3. The van der Waals surface area contributed by atoms with Gasteiger partial charge in [-0.05, 0) is 25.7 Å². The monoisotopic (exact) mass is 1150 g/mol. The van der Waals surface area contributed by atoms with Crippen LogP contribution in [-0.2, 0) is 33.4 Å². The molecule has 480 valence electrons. The van der Waals surface area contributed by atoms with Crippen LogP contribution >= 0.6 is 0 Å². The summed E-state index contributed by atoms with van der Waals surface area (Å²) in [5.74, 6) is -5.32. The Morgan fingerprint density at radius 1 is 0.284 bits per heavy atom. The van der Waals surface area contributed by atoms with Crippen molar-refractivity contribution < 1.29 is 38.5 Å². The largest absolute Gasteiger partial charge is 0.466 e. The van der Waals surface area contributed by atoms with Crippen molar-refractivity contribution in [3.8, 4) is 0 Å². The lowest BCUT2D eigenvalue weighted by Gasteiger charge is -2.31. The van der Waals surface area contributed by atoms with Crippen molar-refractivity contribution >= 4 is 23.7 Å². The van der Waals surface area contributed by atoms with Gasteiger partial charge in [0.15, 0.2) is 17.3 Å². The minimum absolute atomic E-state index is 0.00214. The van der Waals surface area contributed by atoms with Crippen molar-refractivity contribution in [1.29, 1.82) is 0 Å². The predicted octanol–water partition coefficient (Wildman–Crippen LogP) is 23.0. The van der Waals surface area contributed by atoms with Gasteiger partial charge < -0.3 is 19.3 Å². The Morgan fingerprint density at radius 3 is 0.753 bits per heavy atom. The first-order chi connectivity index (χ1) is 39.8. The summed E-state index contributed by atoms with van der Waals surface area (Å²) in [5, 5.41) is 12.3. The number of hydrogen-bond acceptors (Lipinski definition) is 8. The van der Waals surface area contributed by atoms with Crippen molar-refractivity contribution in [2.45, 2.75) is 419 Å². The van der Waals surface area contributed by atoms with Gasteiger partial charge in [0, 0.05) is 6.42 Å². The summed E-state index contributed by atoms with van der Waals surface area (Å²) in [6, 6.07) is 0. The van der Waals surface area contributed by atoms with Crippen LogP contribution < -0.4 is 0 Å². The number of carbonyl (C=O) groups is 4. The Balaban J connectivity index is 5.11. The number of esters is 3. The zero-order chi connectivity index (χ0) is 59.1. The molecule has 0 aromatic rings. The summed E-state index contributed by atoms with van der Waals surface area (Å²) < 4.78 is 17.0. The van der Waals surface area contributed by atoms with E-state index in [9.17, 15) is 24.3 Å². The lowest BCUT2D eigenvalue weighted by Crippen LogP contribution is -2.55. The highest BCUT2D eigenvalue weighted by Crippen LogP contribution is 2.30. The molecule has 2 unspecified atom stereocenters. The lowest BCUT2D eigenvalue weighted by molar-refractivity contribution is -0.188. The lowest BCUT2D eigenvalue weighted by atomic mass is 9.80. The molecule has 0 aliphatic heterocycles. The highest BCUT2D eigenvalue weighted by Gasteiger charge is 2.55. The number of rotatable bonds is 68. The van der Waals surface area contributed by atoms with Gasteiger partial charge in [-0.25, -0.2) is 4.79 Å². The summed E-state index contributed by atoms with van der Waals surface area (Å²) in [7, 11) is 0. The molecule has 0 aromatic heterocycles. The molecule has 0 amide bonds. The number of unbranched alkanes of at least 4 members (excludes halogenated alkanes) is 54. The maximum atomic E-state index is 14.1. The van der Waals surface area contributed by atoms with Crippen molar-refractivity contribution in [3.05, 3.63) is 0 Å². The number of hydrogen-bond donors (Lipinski definition) is 1. The maximum absolute atomic E-state index is 14.1. The van der Waals surface area contributed by atoms with Crippen LogP contribution in [0.15, 0.2) is 0 Å². The molecule has 0 aliphatic rings. The van der Waals surface area contributed by atoms with Gasteiger partial charge >= 0.3 is 17.9 Å². The Kier molecular flexibility index (Phi) is 62.5. The summed E-state index contributed by atoms with van der Waals surface area (Å²) in [4.78, 5) is 55.7. The summed E-state index contributed by atoms with van der Waals surface area (Å²) >= 11 is 0. The number of Topliss-reactive ketones (excluding diaryl/α,β-unsaturated/α-hetero) is 1. The smallest absolute Gasteiger partial charge is 0.340 e. The van der Waals surface area contributed by atoms with Crippen LogP contribution in [0.1, 0.15) is 413 Å². The van der Waals surface area contributed by atoms with Gasteiger partial charge in [-0.3, -0.25) is 14.4 Å². The van der Waals surface area contributed by atoms with Gasteiger partial charge in [0.05, 0.1) is 26.2 Å². The van der Waals surface area contributed by atoms with E-state index in [0.29, 0.717) is 25.7 Å². The van der Waals surface area contributed by atoms with Crippen LogP contribution in [0.5, 0.6) is 0 Å². The molecule has 0 saturated heterocycles. The molecular formula is C73H140O8. The fourth-order valence-corrected chi connectivity index (χ4v) is 11.8. The molecule has 0 radical (unpaired) electrons. The average Bonchev–Trinajstić information content (AvgIpc) is 3.49. The van der Waals surface area contributed by atoms with E-state index in [-0.39, 0.29) is 26.2 Å². The summed E-state index contributed by atoms with van der Waals surface area (Å²) in [5.41, 5.74) is -2.72. The molecule has 81 heavy (non-hydrogen) atoms. The molecular weight excluding hydrogens is 1000 g/mol. The van der Waals surface area contributed by atoms with E-state index < -0.39 is 41.6 Å². The Bertz CT molecular complexity index is 1330. The molecule has 0 heterocycles. The van der Waals surface area contributed by atoms with Gasteiger partial charge in [0.2, 0.25) is 0 Å². The van der Waals surface area contributed by atoms with E-state index in [2.05, 4.69) is 27.7 Å².